The smallest absolute Gasteiger partial charge is 0.748 e. The monoisotopic (exact) mass is 388 g/mol. The summed E-state index contributed by atoms with van der Waals surface area (Å²) in [4.78, 5) is 0. The van der Waals surface area contributed by atoms with Crippen molar-refractivity contribution in [3.63, 3.8) is 0 Å². The predicted octanol–water partition coefficient (Wildman–Crippen LogP) is 1.77. The number of unbranched alkanes of at least 4 members (excludes halogenated alkanes) is 9. The van der Waals surface area contributed by atoms with E-state index in [1.54, 1.807) is 0 Å². The van der Waals surface area contributed by atoms with Crippen LogP contribution in [0.15, 0.2) is 0 Å². The van der Waals surface area contributed by atoms with Gasteiger partial charge >= 0.3 is 51.4 Å². The fraction of sp³-hybridized carbons (Fsp3) is 1.00. The Kier molecular flexibility index (Phi) is 20.7. The minimum Gasteiger partial charge on any atom is -0.748 e. The molecule has 0 aromatic rings. The maximum atomic E-state index is 10.7. The third-order valence-corrected chi connectivity index (χ3v) is 5.75. The Morgan fingerprint density at radius 2 is 1.17 bits per heavy atom. The van der Waals surface area contributed by atoms with Gasteiger partial charge in [-0.3, -0.25) is 0 Å². The first kappa shape index (κ1) is 27.7. The van der Waals surface area contributed by atoms with Crippen LogP contribution in [0, 0.1) is 0 Å². The molecule has 0 aliphatic heterocycles. The maximum Gasteiger partial charge on any atom is 1.00 e. The van der Waals surface area contributed by atoms with Gasteiger partial charge in [-0.05, 0) is 26.2 Å². The van der Waals surface area contributed by atoms with Crippen LogP contribution in [0.25, 0.3) is 0 Å². The molecule has 0 bridgehead atoms. The van der Waals surface area contributed by atoms with E-state index in [4.69, 9.17) is 0 Å². The van der Waals surface area contributed by atoms with Crippen molar-refractivity contribution in [2.45, 2.75) is 115 Å². The largest absolute Gasteiger partial charge is 1.00 e. The van der Waals surface area contributed by atoms with Gasteiger partial charge < -0.3 is 9.66 Å². The second-order valence-corrected chi connectivity index (χ2v) is 8.65. The Labute approximate surface area is 192 Å². The van der Waals surface area contributed by atoms with Crippen LogP contribution < -0.4 is 51.4 Å². The van der Waals surface area contributed by atoms with E-state index in [0.717, 1.165) is 57.8 Å². The molecule has 2 unspecified atom stereocenters. The van der Waals surface area contributed by atoms with E-state index in [1.807, 2.05) is 0 Å². The van der Waals surface area contributed by atoms with Gasteiger partial charge in [0.2, 0.25) is 0 Å². The molecule has 0 rings (SSSR count). The second-order valence-electron chi connectivity index (χ2n) is 6.86. The first-order chi connectivity index (χ1) is 10.9. The molecule has 0 amide bonds. The van der Waals surface area contributed by atoms with E-state index in [9.17, 15) is 18.1 Å². The molecule has 0 saturated carbocycles. The van der Waals surface area contributed by atoms with Crippen molar-refractivity contribution >= 4 is 10.1 Å². The number of aliphatic hydroxyl groups is 1. The van der Waals surface area contributed by atoms with Crippen molar-refractivity contribution in [3.8, 4) is 0 Å². The van der Waals surface area contributed by atoms with Crippen LogP contribution in [0.4, 0.5) is 0 Å². The van der Waals surface area contributed by atoms with E-state index in [-0.39, 0.29) is 57.5 Å². The fourth-order valence-electron chi connectivity index (χ4n) is 2.79. The SMILES string of the molecule is CCCCCCCC(O)CCCCCCCCC(C)S(=O)(=O)[O-].[K+]. The number of rotatable bonds is 16. The molecule has 6 heteroatoms. The molecule has 0 heterocycles. The fourth-order valence-corrected chi connectivity index (χ4v) is 3.25. The zero-order valence-corrected chi connectivity index (χ0v) is 20.1. The van der Waals surface area contributed by atoms with Gasteiger partial charge in [0.1, 0.15) is 0 Å². The summed E-state index contributed by atoms with van der Waals surface area (Å²) in [6, 6.07) is 0. The molecule has 0 radical (unpaired) electrons. The standard InChI is InChI=1S/C18H38O4S.K/c1-3-4-5-8-12-15-18(19)16-13-10-7-6-9-11-14-17(2)23(20,21)22;/h17-19H,3-16H2,1-2H3,(H,20,21,22);/q;+1/p-1. The van der Waals surface area contributed by atoms with Crippen molar-refractivity contribution in [3.05, 3.63) is 0 Å². The van der Waals surface area contributed by atoms with Crippen molar-refractivity contribution < 1.29 is 69.5 Å². The molecule has 0 aromatic carbocycles. The molecule has 2 atom stereocenters. The van der Waals surface area contributed by atoms with Gasteiger partial charge in [-0.15, -0.1) is 0 Å². The molecule has 1 N–H and O–H groups in total. The molecule has 0 aromatic heterocycles. The summed E-state index contributed by atoms with van der Waals surface area (Å²) in [7, 11) is -4.10. The van der Waals surface area contributed by atoms with Crippen LogP contribution in [0.5, 0.6) is 0 Å². The van der Waals surface area contributed by atoms with Crippen molar-refractivity contribution in [1.82, 2.24) is 0 Å². The third kappa shape index (κ3) is 18.3. The van der Waals surface area contributed by atoms with Gasteiger partial charge in [0.25, 0.3) is 0 Å². The van der Waals surface area contributed by atoms with Gasteiger partial charge in [0.05, 0.1) is 16.2 Å². The molecule has 24 heavy (non-hydrogen) atoms. The van der Waals surface area contributed by atoms with E-state index >= 15 is 0 Å². The molecular formula is C18H37KO4S. The molecule has 0 saturated heterocycles. The molecule has 0 aliphatic carbocycles. The molecular weight excluding hydrogens is 351 g/mol. The van der Waals surface area contributed by atoms with E-state index < -0.39 is 15.4 Å². The van der Waals surface area contributed by atoms with Gasteiger partial charge in [-0.2, -0.15) is 0 Å². The van der Waals surface area contributed by atoms with Crippen LogP contribution >= 0.6 is 0 Å². The van der Waals surface area contributed by atoms with E-state index in [2.05, 4.69) is 6.92 Å². The van der Waals surface area contributed by atoms with Crippen LogP contribution in [-0.2, 0) is 10.1 Å². The van der Waals surface area contributed by atoms with Gasteiger partial charge in [0, 0.05) is 5.25 Å². The molecule has 0 spiro atoms. The van der Waals surface area contributed by atoms with Gasteiger partial charge in [-0.1, -0.05) is 77.6 Å². The summed E-state index contributed by atoms with van der Waals surface area (Å²) in [5.41, 5.74) is 0. The van der Waals surface area contributed by atoms with Crippen LogP contribution in [-0.4, -0.2) is 29.4 Å². The zero-order chi connectivity index (χ0) is 17.6. The maximum absolute atomic E-state index is 10.7. The van der Waals surface area contributed by atoms with Crippen LogP contribution in [0.2, 0.25) is 0 Å². The summed E-state index contributed by atoms with van der Waals surface area (Å²) >= 11 is 0. The first-order valence-electron chi connectivity index (χ1n) is 9.50. The van der Waals surface area contributed by atoms with Crippen molar-refractivity contribution in [1.29, 1.82) is 0 Å². The van der Waals surface area contributed by atoms with Gasteiger partial charge in [-0.25, -0.2) is 8.42 Å². The van der Waals surface area contributed by atoms with E-state index in [1.165, 1.54) is 32.6 Å². The Balaban J connectivity index is 0. The Hall–Kier alpha value is 1.51. The van der Waals surface area contributed by atoms with Crippen LogP contribution in [0.1, 0.15) is 104 Å². The second kappa shape index (κ2) is 17.9. The molecule has 140 valence electrons. The number of aliphatic hydroxyl groups excluding tert-OH is 1. The number of hydrogen-bond acceptors (Lipinski definition) is 4. The Morgan fingerprint density at radius 1 is 0.792 bits per heavy atom. The summed E-state index contributed by atoms with van der Waals surface area (Å²) < 4.78 is 32.2. The average molecular weight is 389 g/mol. The summed E-state index contributed by atoms with van der Waals surface area (Å²) in [6.45, 7) is 3.70. The minimum atomic E-state index is -4.10. The Morgan fingerprint density at radius 3 is 1.58 bits per heavy atom. The third-order valence-electron chi connectivity index (χ3n) is 4.53. The van der Waals surface area contributed by atoms with Gasteiger partial charge in [0.15, 0.2) is 0 Å². The quantitative estimate of drug-likeness (QED) is 0.248. The first-order valence-corrected chi connectivity index (χ1v) is 11.0. The average Bonchev–Trinajstić information content (AvgIpc) is 2.48. The number of hydrogen-bond donors (Lipinski definition) is 1. The Bertz CT molecular complexity index is 360. The minimum absolute atomic E-state index is 0. The van der Waals surface area contributed by atoms with Crippen molar-refractivity contribution in [2.24, 2.45) is 0 Å². The predicted molar refractivity (Wildman–Crippen MR) is 95.5 cm³/mol. The zero-order valence-electron chi connectivity index (χ0n) is 16.1. The van der Waals surface area contributed by atoms with E-state index in [0.29, 0.717) is 6.42 Å². The molecule has 4 nitrogen and oxygen atoms in total. The molecule has 0 fully saturated rings. The normalized spacial score (nSPS) is 14.2. The topological polar surface area (TPSA) is 77.4 Å². The summed E-state index contributed by atoms with van der Waals surface area (Å²) in [5.74, 6) is 0. The molecule has 0 aliphatic rings. The van der Waals surface area contributed by atoms with Crippen molar-refractivity contribution in [2.75, 3.05) is 0 Å². The van der Waals surface area contributed by atoms with Crippen LogP contribution in [0.3, 0.4) is 0 Å². The summed E-state index contributed by atoms with van der Waals surface area (Å²) in [6.07, 6.45) is 14.6. The summed E-state index contributed by atoms with van der Waals surface area (Å²) in [5, 5.41) is 9.14.